The summed E-state index contributed by atoms with van der Waals surface area (Å²) >= 11 is 0. The minimum atomic E-state index is -0.0177. The van der Waals surface area contributed by atoms with E-state index in [1.54, 1.807) is 14.2 Å². The maximum absolute atomic E-state index is 6.02. The minimum Gasteiger partial charge on any atom is -0.497 e. The van der Waals surface area contributed by atoms with Gasteiger partial charge in [-0.15, -0.1) is 0 Å². The Labute approximate surface area is 91.2 Å². The van der Waals surface area contributed by atoms with Crippen molar-refractivity contribution >= 4 is 0 Å². The lowest BCUT2D eigenvalue weighted by atomic mass is 10.0. The normalized spacial score (nSPS) is 12.3. The van der Waals surface area contributed by atoms with Crippen molar-refractivity contribution in [3.8, 4) is 11.5 Å². The number of methoxy groups -OCH3 is 2. The molecule has 0 aliphatic rings. The van der Waals surface area contributed by atoms with Crippen molar-refractivity contribution in [3.63, 3.8) is 0 Å². The highest BCUT2D eigenvalue weighted by atomic mass is 16.5. The number of hydrogen-bond acceptors (Lipinski definition) is 3. The number of nitrogens with two attached hydrogens (primary N) is 1. The van der Waals surface area contributed by atoms with Crippen molar-refractivity contribution in [1.29, 1.82) is 0 Å². The average Bonchev–Trinajstić information content (AvgIpc) is 2.28. The first-order valence-electron chi connectivity index (χ1n) is 4.98. The fourth-order valence-electron chi connectivity index (χ4n) is 1.51. The van der Waals surface area contributed by atoms with Gasteiger partial charge in [-0.05, 0) is 18.9 Å². The largest absolute Gasteiger partial charge is 0.497 e. The van der Waals surface area contributed by atoms with E-state index in [4.69, 9.17) is 15.2 Å². The molecule has 0 aliphatic heterocycles. The van der Waals surface area contributed by atoms with E-state index in [1.807, 2.05) is 31.5 Å². The molecule has 2 N–H and O–H groups in total. The summed E-state index contributed by atoms with van der Waals surface area (Å²) in [4.78, 5) is 0. The molecule has 0 aliphatic carbocycles. The van der Waals surface area contributed by atoms with Crippen LogP contribution in [-0.2, 0) is 0 Å². The van der Waals surface area contributed by atoms with Crippen molar-refractivity contribution in [3.05, 3.63) is 30.2 Å². The Morgan fingerprint density at radius 3 is 2.60 bits per heavy atom. The first kappa shape index (κ1) is 11.9. The molecule has 0 bridgehead atoms. The summed E-state index contributed by atoms with van der Waals surface area (Å²) in [6.45, 7) is 2.00. The average molecular weight is 208 g/mol. The molecule has 0 aromatic heterocycles. The summed E-state index contributed by atoms with van der Waals surface area (Å²) in [6.07, 6.45) is 2.89. The molecule has 1 atom stereocenters. The molecule has 0 fully saturated rings. The lowest BCUT2D eigenvalue weighted by molar-refractivity contribution is 0.388. The maximum atomic E-state index is 6.02. The van der Waals surface area contributed by atoms with Gasteiger partial charge in [0.05, 0.1) is 14.2 Å². The highest BCUT2D eigenvalue weighted by molar-refractivity contribution is 5.42. The van der Waals surface area contributed by atoms with Crippen LogP contribution in [-0.4, -0.2) is 14.2 Å². The van der Waals surface area contributed by atoms with E-state index in [1.165, 1.54) is 0 Å². The van der Waals surface area contributed by atoms with Crippen LogP contribution in [0.15, 0.2) is 18.2 Å². The summed E-state index contributed by atoms with van der Waals surface area (Å²) in [7, 11) is 3.27. The lowest BCUT2D eigenvalue weighted by Crippen LogP contribution is -2.11. The van der Waals surface area contributed by atoms with Crippen LogP contribution in [0.3, 0.4) is 0 Å². The van der Waals surface area contributed by atoms with Crippen molar-refractivity contribution in [2.24, 2.45) is 5.73 Å². The first-order valence-corrected chi connectivity index (χ1v) is 4.98. The Balaban J connectivity index is 2.96. The first-order chi connectivity index (χ1) is 7.22. The van der Waals surface area contributed by atoms with Crippen LogP contribution in [0.2, 0.25) is 0 Å². The summed E-state index contributed by atoms with van der Waals surface area (Å²) < 4.78 is 10.4. The molecule has 1 aromatic carbocycles. The van der Waals surface area contributed by atoms with Gasteiger partial charge in [-0.3, -0.25) is 0 Å². The number of hydrogen-bond donors (Lipinski definition) is 1. The van der Waals surface area contributed by atoms with Gasteiger partial charge in [0.25, 0.3) is 0 Å². The third kappa shape index (κ3) is 2.86. The van der Waals surface area contributed by atoms with E-state index in [0.717, 1.165) is 23.5 Å². The SMILES string of the molecule is C[CH]CC(N)c1ccc(OC)cc1OC. The highest BCUT2D eigenvalue weighted by Gasteiger charge is 2.11. The Morgan fingerprint density at radius 1 is 1.33 bits per heavy atom. The molecule has 1 unspecified atom stereocenters. The predicted molar refractivity (Wildman–Crippen MR) is 61.1 cm³/mol. The van der Waals surface area contributed by atoms with Gasteiger partial charge in [-0.2, -0.15) is 0 Å². The fraction of sp³-hybridized carbons (Fsp3) is 0.417. The Hall–Kier alpha value is -1.22. The molecule has 3 heteroatoms. The van der Waals surface area contributed by atoms with Crippen molar-refractivity contribution in [1.82, 2.24) is 0 Å². The molecule has 15 heavy (non-hydrogen) atoms. The van der Waals surface area contributed by atoms with Crippen LogP contribution in [0.1, 0.15) is 24.9 Å². The van der Waals surface area contributed by atoms with Crippen LogP contribution >= 0.6 is 0 Å². The summed E-state index contributed by atoms with van der Waals surface area (Å²) in [5, 5.41) is 0. The molecule has 3 nitrogen and oxygen atoms in total. The zero-order chi connectivity index (χ0) is 11.3. The topological polar surface area (TPSA) is 44.5 Å². The van der Waals surface area contributed by atoms with Crippen LogP contribution in [0, 0.1) is 6.42 Å². The van der Waals surface area contributed by atoms with Crippen LogP contribution < -0.4 is 15.2 Å². The smallest absolute Gasteiger partial charge is 0.127 e. The molecule has 83 valence electrons. The Bertz CT molecular complexity index is 312. The molecule has 1 aromatic rings. The van der Waals surface area contributed by atoms with E-state index >= 15 is 0 Å². The number of rotatable bonds is 5. The van der Waals surface area contributed by atoms with Crippen LogP contribution in [0.4, 0.5) is 0 Å². The quantitative estimate of drug-likeness (QED) is 0.807. The summed E-state index contributed by atoms with van der Waals surface area (Å²) in [5.74, 6) is 1.56. The van der Waals surface area contributed by atoms with Crippen LogP contribution in [0.5, 0.6) is 11.5 Å². The molecule has 1 radical (unpaired) electrons. The second-order valence-corrected chi connectivity index (χ2v) is 3.36. The van der Waals surface area contributed by atoms with Gasteiger partial charge < -0.3 is 15.2 Å². The zero-order valence-corrected chi connectivity index (χ0v) is 9.49. The molecule has 0 amide bonds. The lowest BCUT2D eigenvalue weighted by Gasteiger charge is -2.15. The van der Waals surface area contributed by atoms with Crippen molar-refractivity contribution in [2.45, 2.75) is 19.4 Å². The molecule has 0 spiro atoms. The van der Waals surface area contributed by atoms with Gasteiger partial charge in [0, 0.05) is 17.7 Å². The third-order valence-electron chi connectivity index (χ3n) is 2.33. The maximum Gasteiger partial charge on any atom is 0.127 e. The van der Waals surface area contributed by atoms with Gasteiger partial charge in [-0.25, -0.2) is 0 Å². The highest BCUT2D eigenvalue weighted by Crippen LogP contribution is 2.29. The van der Waals surface area contributed by atoms with E-state index in [9.17, 15) is 0 Å². The monoisotopic (exact) mass is 208 g/mol. The zero-order valence-electron chi connectivity index (χ0n) is 9.49. The van der Waals surface area contributed by atoms with Crippen LogP contribution in [0.25, 0.3) is 0 Å². The Morgan fingerprint density at radius 2 is 2.07 bits per heavy atom. The number of benzene rings is 1. The minimum absolute atomic E-state index is 0.0177. The molecule has 0 saturated carbocycles. The second kappa shape index (κ2) is 5.61. The predicted octanol–water partition coefficient (Wildman–Crippen LogP) is 2.32. The van der Waals surface area contributed by atoms with Gasteiger partial charge >= 0.3 is 0 Å². The van der Waals surface area contributed by atoms with Gasteiger partial charge in [-0.1, -0.05) is 13.0 Å². The van der Waals surface area contributed by atoms with Crippen molar-refractivity contribution < 1.29 is 9.47 Å². The van der Waals surface area contributed by atoms with E-state index in [0.29, 0.717) is 0 Å². The van der Waals surface area contributed by atoms with E-state index in [-0.39, 0.29) is 6.04 Å². The Kier molecular flexibility index (Phi) is 4.43. The molecule has 1 rings (SSSR count). The molecule has 0 saturated heterocycles. The molecular weight excluding hydrogens is 190 g/mol. The number of ether oxygens (including phenoxy) is 2. The van der Waals surface area contributed by atoms with Gasteiger partial charge in [0.1, 0.15) is 11.5 Å². The van der Waals surface area contributed by atoms with E-state index in [2.05, 4.69) is 0 Å². The summed E-state index contributed by atoms with van der Waals surface area (Å²) in [6, 6.07) is 5.68. The van der Waals surface area contributed by atoms with E-state index < -0.39 is 0 Å². The third-order valence-corrected chi connectivity index (χ3v) is 2.33. The second-order valence-electron chi connectivity index (χ2n) is 3.36. The van der Waals surface area contributed by atoms with Gasteiger partial charge in [0.2, 0.25) is 0 Å². The summed E-state index contributed by atoms with van der Waals surface area (Å²) in [5.41, 5.74) is 7.03. The molecular formula is C12H18NO2. The molecule has 0 heterocycles. The van der Waals surface area contributed by atoms with Crippen molar-refractivity contribution in [2.75, 3.05) is 14.2 Å². The fourth-order valence-corrected chi connectivity index (χ4v) is 1.51. The van der Waals surface area contributed by atoms with Gasteiger partial charge in [0.15, 0.2) is 0 Å². The standard InChI is InChI=1S/C12H18NO2/c1-4-5-11(13)10-7-6-9(14-2)8-12(10)15-3/h4,6-8,11H,5,13H2,1-3H3.